The van der Waals surface area contributed by atoms with Gasteiger partial charge in [-0.15, -0.1) is 4.40 Å². The Bertz CT molecular complexity index is 592. The smallest absolute Gasteiger partial charge is 0.339 e. The Morgan fingerprint density at radius 1 is 1.30 bits per heavy atom. The number of rotatable bonds is 6. The lowest BCUT2D eigenvalue weighted by atomic mass is 10.2. The van der Waals surface area contributed by atoms with Gasteiger partial charge in [0.25, 0.3) is 10.0 Å². The first kappa shape index (κ1) is 16.2. The number of ether oxygens (including phenoxy) is 1. The number of hydrogen-bond acceptors (Lipinski definition) is 4. The molecule has 0 aromatic heterocycles. The number of methoxy groups -OCH3 is 1. The van der Waals surface area contributed by atoms with E-state index >= 15 is 0 Å². The molecule has 0 atom stereocenters. The molecule has 0 N–H and O–H groups in total. The third-order valence-corrected chi connectivity index (χ3v) is 4.02. The number of esters is 1. The van der Waals surface area contributed by atoms with Crippen molar-refractivity contribution in [2.24, 2.45) is 4.40 Å². The van der Waals surface area contributed by atoms with Gasteiger partial charge in [0.2, 0.25) is 0 Å². The van der Waals surface area contributed by atoms with Gasteiger partial charge in [0, 0.05) is 13.1 Å². The van der Waals surface area contributed by atoms with Crippen molar-refractivity contribution in [1.29, 1.82) is 0 Å². The summed E-state index contributed by atoms with van der Waals surface area (Å²) in [5.41, 5.74) is -0.0216. The van der Waals surface area contributed by atoms with Gasteiger partial charge in [0.15, 0.2) is 0 Å². The fourth-order valence-corrected chi connectivity index (χ4v) is 2.59. The molecule has 1 aromatic carbocycles. The number of carbonyl (C=O) groups excluding carboxylic acids is 1. The third kappa shape index (κ3) is 3.80. The van der Waals surface area contributed by atoms with Crippen molar-refractivity contribution < 1.29 is 17.9 Å². The Morgan fingerprint density at radius 2 is 1.90 bits per heavy atom. The van der Waals surface area contributed by atoms with Crippen LogP contribution in [-0.2, 0) is 14.8 Å². The normalized spacial score (nSPS) is 11.6. The molecule has 0 bridgehead atoms. The van der Waals surface area contributed by atoms with E-state index in [0.717, 1.165) is 0 Å². The van der Waals surface area contributed by atoms with E-state index in [1.807, 2.05) is 13.8 Å². The minimum absolute atomic E-state index is 0.0216. The van der Waals surface area contributed by atoms with Crippen LogP contribution in [0.5, 0.6) is 0 Å². The third-order valence-electron chi connectivity index (χ3n) is 2.73. The molecule has 0 spiro atoms. The lowest BCUT2D eigenvalue weighted by Crippen LogP contribution is -2.21. The molecule has 0 aliphatic rings. The molecule has 0 saturated carbocycles. The first-order valence-corrected chi connectivity index (χ1v) is 7.62. The van der Waals surface area contributed by atoms with Crippen molar-refractivity contribution in [1.82, 2.24) is 4.90 Å². The summed E-state index contributed by atoms with van der Waals surface area (Å²) < 4.78 is 32.5. The summed E-state index contributed by atoms with van der Waals surface area (Å²) in [7, 11) is -2.74. The highest BCUT2D eigenvalue weighted by Crippen LogP contribution is 2.18. The van der Waals surface area contributed by atoms with Gasteiger partial charge in [-0.05, 0) is 26.0 Å². The summed E-state index contributed by atoms with van der Waals surface area (Å²) in [6, 6.07) is 5.83. The molecule has 0 unspecified atom stereocenters. The van der Waals surface area contributed by atoms with Gasteiger partial charge < -0.3 is 9.64 Å². The summed E-state index contributed by atoms with van der Waals surface area (Å²) in [6.45, 7) is 5.08. The zero-order valence-electron chi connectivity index (χ0n) is 11.7. The van der Waals surface area contributed by atoms with Gasteiger partial charge in [-0.3, -0.25) is 0 Å². The van der Waals surface area contributed by atoms with Crippen LogP contribution in [0.15, 0.2) is 33.6 Å². The lowest BCUT2D eigenvalue weighted by molar-refractivity contribution is 0.0596. The standard InChI is InChI=1S/C13H18N2O4S/c1-4-15(5-2)10-14-20(17,18)12-9-7-6-8-11(12)13(16)19-3/h6-10H,4-5H2,1-3H3/b14-10+. The van der Waals surface area contributed by atoms with E-state index < -0.39 is 16.0 Å². The minimum atomic E-state index is -3.93. The Hall–Kier alpha value is -1.89. The van der Waals surface area contributed by atoms with Crippen LogP contribution in [0.1, 0.15) is 24.2 Å². The van der Waals surface area contributed by atoms with E-state index in [9.17, 15) is 13.2 Å². The second-order valence-corrected chi connectivity index (χ2v) is 5.51. The summed E-state index contributed by atoms with van der Waals surface area (Å²) in [5.74, 6) is -0.706. The zero-order chi connectivity index (χ0) is 15.2. The molecule has 0 fully saturated rings. The zero-order valence-corrected chi connectivity index (χ0v) is 12.6. The van der Waals surface area contributed by atoms with Crippen LogP contribution >= 0.6 is 0 Å². The lowest BCUT2D eigenvalue weighted by Gasteiger charge is -2.13. The molecule has 0 amide bonds. The Labute approximate surface area is 119 Å². The van der Waals surface area contributed by atoms with Gasteiger partial charge in [-0.2, -0.15) is 8.42 Å². The largest absolute Gasteiger partial charge is 0.465 e. The van der Waals surface area contributed by atoms with E-state index in [4.69, 9.17) is 0 Å². The van der Waals surface area contributed by atoms with Gasteiger partial charge in [0.05, 0.1) is 12.7 Å². The number of sulfonamides is 1. The van der Waals surface area contributed by atoms with Crippen LogP contribution < -0.4 is 0 Å². The minimum Gasteiger partial charge on any atom is -0.465 e. The molecule has 110 valence electrons. The maximum absolute atomic E-state index is 12.2. The molecule has 7 heteroatoms. The fourth-order valence-electron chi connectivity index (χ4n) is 1.54. The molecule has 0 aliphatic carbocycles. The van der Waals surface area contributed by atoms with Crippen LogP contribution in [0.4, 0.5) is 0 Å². The predicted octanol–water partition coefficient (Wildman–Crippen LogP) is 1.53. The molecule has 6 nitrogen and oxygen atoms in total. The maximum Gasteiger partial charge on any atom is 0.339 e. The van der Waals surface area contributed by atoms with Gasteiger partial charge >= 0.3 is 5.97 Å². The van der Waals surface area contributed by atoms with E-state index in [1.54, 1.807) is 11.0 Å². The molecule has 0 saturated heterocycles. The van der Waals surface area contributed by atoms with Gasteiger partial charge in [-0.1, -0.05) is 12.1 Å². The second kappa shape index (κ2) is 7.04. The monoisotopic (exact) mass is 298 g/mol. The van der Waals surface area contributed by atoms with Crippen LogP contribution in [0, 0.1) is 0 Å². The highest BCUT2D eigenvalue weighted by Gasteiger charge is 2.21. The fraction of sp³-hybridized carbons (Fsp3) is 0.385. The number of benzene rings is 1. The quantitative estimate of drug-likeness (QED) is 0.452. The van der Waals surface area contributed by atoms with E-state index in [0.29, 0.717) is 13.1 Å². The van der Waals surface area contributed by atoms with Gasteiger partial charge in [0.1, 0.15) is 11.2 Å². The highest BCUT2D eigenvalue weighted by atomic mass is 32.2. The predicted molar refractivity (Wildman–Crippen MR) is 76.4 cm³/mol. The molecule has 0 aliphatic heterocycles. The van der Waals surface area contributed by atoms with E-state index in [2.05, 4.69) is 9.13 Å². The summed E-state index contributed by atoms with van der Waals surface area (Å²) >= 11 is 0. The van der Waals surface area contributed by atoms with Crippen molar-refractivity contribution in [3.63, 3.8) is 0 Å². The SMILES string of the molecule is CCN(/C=N/S(=O)(=O)c1ccccc1C(=O)OC)CC. The summed E-state index contributed by atoms with van der Waals surface area (Å²) in [4.78, 5) is 13.2. The Balaban J connectivity index is 3.20. The van der Waals surface area contributed by atoms with Crippen molar-refractivity contribution in [3.8, 4) is 0 Å². The molecule has 0 radical (unpaired) electrons. The van der Waals surface area contributed by atoms with Crippen molar-refractivity contribution in [2.75, 3.05) is 20.2 Å². The first-order chi connectivity index (χ1) is 9.46. The Morgan fingerprint density at radius 3 is 2.45 bits per heavy atom. The summed E-state index contributed by atoms with van der Waals surface area (Å²) in [5, 5.41) is 0. The van der Waals surface area contributed by atoms with Crippen LogP contribution in [0.25, 0.3) is 0 Å². The molecular weight excluding hydrogens is 280 g/mol. The number of hydrogen-bond donors (Lipinski definition) is 0. The average Bonchev–Trinajstić information content (AvgIpc) is 2.47. The summed E-state index contributed by atoms with van der Waals surface area (Å²) in [6.07, 6.45) is 1.27. The maximum atomic E-state index is 12.2. The average molecular weight is 298 g/mol. The van der Waals surface area contributed by atoms with Crippen molar-refractivity contribution in [3.05, 3.63) is 29.8 Å². The molecule has 0 heterocycles. The van der Waals surface area contributed by atoms with Crippen molar-refractivity contribution >= 4 is 22.3 Å². The molecule has 1 rings (SSSR count). The highest BCUT2D eigenvalue weighted by molar-refractivity contribution is 7.90. The van der Waals surface area contributed by atoms with Crippen LogP contribution in [-0.4, -0.2) is 45.8 Å². The van der Waals surface area contributed by atoms with Crippen LogP contribution in [0.2, 0.25) is 0 Å². The van der Waals surface area contributed by atoms with Crippen LogP contribution in [0.3, 0.4) is 0 Å². The second-order valence-electron chi connectivity index (χ2n) is 3.90. The van der Waals surface area contributed by atoms with E-state index in [1.165, 1.54) is 31.6 Å². The molecule has 1 aromatic rings. The number of nitrogens with zero attached hydrogens (tertiary/aromatic N) is 2. The number of carbonyl (C=O) groups is 1. The molecule has 20 heavy (non-hydrogen) atoms. The Kier molecular flexibility index (Phi) is 5.69. The topological polar surface area (TPSA) is 76.0 Å². The van der Waals surface area contributed by atoms with Gasteiger partial charge in [-0.25, -0.2) is 4.79 Å². The first-order valence-electron chi connectivity index (χ1n) is 6.18. The van der Waals surface area contributed by atoms with E-state index in [-0.39, 0.29) is 10.5 Å². The van der Waals surface area contributed by atoms with Crippen molar-refractivity contribution in [2.45, 2.75) is 18.7 Å². The molecular formula is C13H18N2O4S.